The summed E-state index contributed by atoms with van der Waals surface area (Å²) in [5, 5.41) is 3.45. The topological polar surface area (TPSA) is 29.9 Å². The van der Waals surface area contributed by atoms with Gasteiger partial charge in [0.1, 0.15) is 11.6 Å². The average Bonchev–Trinajstić information content (AvgIpc) is 2.92. The lowest BCUT2D eigenvalue weighted by molar-refractivity contribution is 0.568. The molecule has 0 fully saturated rings. The number of halogens is 1. The molecule has 0 aliphatic carbocycles. The Labute approximate surface area is 119 Å². The Kier molecular flexibility index (Phi) is 4.90. The van der Waals surface area contributed by atoms with E-state index in [9.17, 15) is 4.39 Å². The number of aromatic nitrogens is 2. The molecule has 0 saturated heterocycles. The second-order valence-corrected chi connectivity index (χ2v) is 4.94. The zero-order chi connectivity index (χ0) is 14.5. The maximum absolute atomic E-state index is 13.6. The van der Waals surface area contributed by atoms with Crippen molar-refractivity contribution >= 4 is 0 Å². The lowest BCUT2D eigenvalue weighted by Crippen LogP contribution is -2.20. The van der Waals surface area contributed by atoms with Crippen molar-refractivity contribution < 1.29 is 4.39 Å². The number of imidazole rings is 1. The van der Waals surface area contributed by atoms with E-state index in [2.05, 4.69) is 31.1 Å². The zero-order valence-electron chi connectivity index (χ0n) is 12.4. The second kappa shape index (κ2) is 6.66. The summed E-state index contributed by atoms with van der Waals surface area (Å²) in [6, 6.07) is 5.12. The van der Waals surface area contributed by atoms with Crippen molar-refractivity contribution in [2.24, 2.45) is 0 Å². The molecule has 0 amide bonds. The van der Waals surface area contributed by atoms with E-state index in [1.54, 1.807) is 12.3 Å². The van der Waals surface area contributed by atoms with Gasteiger partial charge in [-0.15, -0.1) is 0 Å². The highest BCUT2D eigenvalue weighted by atomic mass is 19.1. The van der Waals surface area contributed by atoms with Gasteiger partial charge in [0.05, 0.1) is 0 Å². The summed E-state index contributed by atoms with van der Waals surface area (Å²) >= 11 is 0. The fourth-order valence-electron chi connectivity index (χ4n) is 2.38. The van der Waals surface area contributed by atoms with Crippen molar-refractivity contribution in [2.45, 2.75) is 39.8 Å². The van der Waals surface area contributed by atoms with E-state index in [0.29, 0.717) is 0 Å². The number of benzene rings is 1. The number of rotatable bonds is 6. The molecule has 2 aromatic rings. The number of nitrogens with zero attached hydrogens (tertiary/aromatic N) is 2. The fourth-order valence-corrected chi connectivity index (χ4v) is 2.38. The average molecular weight is 275 g/mol. The van der Waals surface area contributed by atoms with Crippen molar-refractivity contribution in [3.05, 3.63) is 42.0 Å². The first-order valence-corrected chi connectivity index (χ1v) is 7.21. The second-order valence-electron chi connectivity index (χ2n) is 4.94. The lowest BCUT2D eigenvalue weighted by atomic mass is 10.0. The summed E-state index contributed by atoms with van der Waals surface area (Å²) in [6.07, 6.45) is 4.76. The summed E-state index contributed by atoms with van der Waals surface area (Å²) in [6.45, 7) is 8.06. The van der Waals surface area contributed by atoms with Crippen LogP contribution in [0.4, 0.5) is 4.39 Å². The molecule has 0 spiro atoms. The number of nitrogens with one attached hydrogen (secondary N) is 1. The minimum Gasteiger partial charge on any atom is -0.331 e. The summed E-state index contributed by atoms with van der Waals surface area (Å²) in [5.74, 6) is 0.601. The molecule has 4 heteroatoms. The van der Waals surface area contributed by atoms with E-state index < -0.39 is 0 Å². The first-order valence-electron chi connectivity index (χ1n) is 7.21. The molecule has 1 aromatic heterocycles. The first-order chi connectivity index (χ1) is 9.67. The van der Waals surface area contributed by atoms with Crippen LogP contribution in [0, 0.1) is 5.82 Å². The van der Waals surface area contributed by atoms with E-state index in [4.69, 9.17) is 0 Å². The third-order valence-corrected chi connectivity index (χ3v) is 3.48. The smallest absolute Gasteiger partial charge is 0.140 e. The molecule has 108 valence electrons. The normalized spacial score (nSPS) is 12.6. The van der Waals surface area contributed by atoms with Crippen molar-refractivity contribution in [3.63, 3.8) is 0 Å². The van der Waals surface area contributed by atoms with Gasteiger partial charge >= 0.3 is 0 Å². The Morgan fingerprint density at radius 2 is 2.15 bits per heavy atom. The molecule has 0 radical (unpaired) electrons. The van der Waals surface area contributed by atoms with Gasteiger partial charge in [-0.05, 0) is 44.5 Å². The standard InChI is InChI=1S/C16H22FN3/c1-4-8-18-12(3)14-7-6-13(17)11-15(14)16-19-9-10-20(16)5-2/h6-7,9-12,18H,4-5,8H2,1-3H3. The molecular formula is C16H22FN3. The Bertz CT molecular complexity index is 563. The van der Waals surface area contributed by atoms with Crippen molar-refractivity contribution in [1.29, 1.82) is 0 Å². The summed E-state index contributed by atoms with van der Waals surface area (Å²) in [7, 11) is 0. The maximum atomic E-state index is 13.6. The fraction of sp³-hybridized carbons (Fsp3) is 0.438. The molecule has 1 N–H and O–H groups in total. The summed E-state index contributed by atoms with van der Waals surface area (Å²) in [5.41, 5.74) is 1.95. The molecular weight excluding hydrogens is 253 g/mol. The van der Waals surface area contributed by atoms with Crippen LogP contribution in [0.25, 0.3) is 11.4 Å². The van der Waals surface area contributed by atoms with E-state index >= 15 is 0 Å². The monoisotopic (exact) mass is 275 g/mol. The molecule has 2 rings (SSSR count). The lowest BCUT2D eigenvalue weighted by Gasteiger charge is -2.18. The Morgan fingerprint density at radius 1 is 1.35 bits per heavy atom. The molecule has 1 atom stereocenters. The third kappa shape index (κ3) is 3.07. The minimum atomic E-state index is -0.225. The van der Waals surface area contributed by atoms with E-state index in [0.717, 1.165) is 36.5 Å². The predicted octanol–water partition coefficient (Wildman–Crippen LogP) is 3.77. The third-order valence-electron chi connectivity index (χ3n) is 3.48. The summed E-state index contributed by atoms with van der Waals surface area (Å²) in [4.78, 5) is 4.39. The van der Waals surface area contributed by atoms with E-state index in [-0.39, 0.29) is 11.9 Å². The maximum Gasteiger partial charge on any atom is 0.140 e. The highest BCUT2D eigenvalue weighted by molar-refractivity contribution is 5.61. The zero-order valence-corrected chi connectivity index (χ0v) is 12.4. The van der Waals surface area contributed by atoms with Gasteiger partial charge in [-0.3, -0.25) is 0 Å². The number of aryl methyl sites for hydroxylation is 1. The van der Waals surface area contributed by atoms with Crippen LogP contribution in [0.1, 0.15) is 38.8 Å². The van der Waals surface area contributed by atoms with Crippen molar-refractivity contribution in [2.75, 3.05) is 6.54 Å². The molecule has 3 nitrogen and oxygen atoms in total. The Morgan fingerprint density at radius 3 is 2.85 bits per heavy atom. The molecule has 20 heavy (non-hydrogen) atoms. The predicted molar refractivity (Wildman–Crippen MR) is 80.0 cm³/mol. The van der Waals surface area contributed by atoms with Crippen LogP contribution < -0.4 is 5.32 Å². The van der Waals surface area contributed by atoms with Gasteiger partial charge in [0.25, 0.3) is 0 Å². The molecule has 0 bridgehead atoms. The van der Waals surface area contributed by atoms with Gasteiger partial charge in [-0.25, -0.2) is 9.37 Å². The van der Waals surface area contributed by atoms with Gasteiger partial charge in [0.15, 0.2) is 0 Å². The quantitative estimate of drug-likeness (QED) is 0.869. The molecule has 1 heterocycles. The van der Waals surface area contributed by atoms with Gasteiger partial charge in [0.2, 0.25) is 0 Å². The van der Waals surface area contributed by atoms with Gasteiger partial charge in [-0.2, -0.15) is 0 Å². The van der Waals surface area contributed by atoms with Crippen LogP contribution >= 0.6 is 0 Å². The first kappa shape index (κ1) is 14.7. The van der Waals surface area contributed by atoms with Crippen LogP contribution in [0.3, 0.4) is 0 Å². The highest BCUT2D eigenvalue weighted by Gasteiger charge is 2.15. The number of hydrogen-bond donors (Lipinski definition) is 1. The SMILES string of the molecule is CCCNC(C)c1ccc(F)cc1-c1nccn1CC. The minimum absolute atomic E-state index is 0.174. The molecule has 1 aromatic carbocycles. The van der Waals surface area contributed by atoms with Gasteiger partial charge in [-0.1, -0.05) is 13.0 Å². The van der Waals surface area contributed by atoms with Crippen molar-refractivity contribution in [3.8, 4) is 11.4 Å². The molecule has 0 aliphatic rings. The van der Waals surface area contributed by atoms with Crippen molar-refractivity contribution in [1.82, 2.24) is 14.9 Å². The molecule has 0 saturated carbocycles. The van der Waals surface area contributed by atoms with Gasteiger partial charge in [0, 0.05) is 30.5 Å². The van der Waals surface area contributed by atoms with Crippen LogP contribution in [0.2, 0.25) is 0 Å². The van der Waals surface area contributed by atoms with E-state index in [1.807, 2.05) is 16.8 Å². The molecule has 0 aliphatic heterocycles. The molecule has 1 unspecified atom stereocenters. The van der Waals surface area contributed by atoms with Gasteiger partial charge < -0.3 is 9.88 Å². The largest absolute Gasteiger partial charge is 0.331 e. The van der Waals surface area contributed by atoms with Crippen LogP contribution in [-0.4, -0.2) is 16.1 Å². The summed E-state index contributed by atoms with van der Waals surface area (Å²) < 4.78 is 15.7. The van der Waals surface area contributed by atoms with Crippen LogP contribution in [0.15, 0.2) is 30.6 Å². The van der Waals surface area contributed by atoms with Crippen LogP contribution in [0.5, 0.6) is 0 Å². The Balaban J connectivity index is 2.43. The van der Waals surface area contributed by atoms with Crippen LogP contribution in [-0.2, 0) is 6.54 Å². The Hall–Kier alpha value is -1.68. The number of hydrogen-bond acceptors (Lipinski definition) is 2. The van der Waals surface area contributed by atoms with E-state index in [1.165, 1.54) is 6.07 Å². The highest BCUT2D eigenvalue weighted by Crippen LogP contribution is 2.28.